The number of halogens is 1. The molecule has 20 heavy (non-hydrogen) atoms. The zero-order valence-electron chi connectivity index (χ0n) is 10.8. The molecule has 3 rings (SSSR count). The quantitative estimate of drug-likeness (QED) is 0.902. The fourth-order valence-electron chi connectivity index (χ4n) is 2.72. The van der Waals surface area contributed by atoms with Gasteiger partial charge in [-0.3, -0.25) is 0 Å². The van der Waals surface area contributed by atoms with Crippen LogP contribution in [0.3, 0.4) is 0 Å². The minimum Gasteiger partial charge on any atom is -0.479 e. The molecule has 0 radical (unpaired) electrons. The number of nitrogens with one attached hydrogen (secondary N) is 1. The molecule has 0 fully saturated rings. The minimum atomic E-state index is -1.05. The van der Waals surface area contributed by atoms with E-state index in [1.165, 1.54) is 12.1 Å². The Bertz CT molecular complexity index is 627. The Morgan fingerprint density at radius 3 is 2.10 bits per heavy atom. The number of carbonyl (C=O) groups is 1. The highest BCUT2D eigenvalue weighted by molar-refractivity contribution is 5.85. The van der Waals surface area contributed by atoms with E-state index in [0.29, 0.717) is 18.5 Å². The number of hydrogen-bond acceptors (Lipinski definition) is 2. The van der Waals surface area contributed by atoms with Crippen molar-refractivity contribution < 1.29 is 14.3 Å². The lowest BCUT2D eigenvalue weighted by atomic mass is 9.95. The van der Waals surface area contributed by atoms with Crippen molar-refractivity contribution in [2.24, 2.45) is 0 Å². The van der Waals surface area contributed by atoms with Crippen LogP contribution in [-0.4, -0.2) is 16.6 Å². The van der Waals surface area contributed by atoms with Crippen LogP contribution < -0.4 is 5.32 Å². The number of benzene rings is 2. The number of carboxylic acid groups (broad SMARTS) is 1. The molecule has 2 aromatic rings. The zero-order chi connectivity index (χ0) is 14.2. The number of anilines is 1. The molecule has 1 aliphatic carbocycles. The van der Waals surface area contributed by atoms with E-state index in [9.17, 15) is 14.3 Å². The molecule has 0 aliphatic heterocycles. The van der Waals surface area contributed by atoms with Gasteiger partial charge in [0.25, 0.3) is 0 Å². The summed E-state index contributed by atoms with van der Waals surface area (Å²) in [5.74, 6) is -1.23. The van der Waals surface area contributed by atoms with Crippen LogP contribution in [0.2, 0.25) is 0 Å². The van der Waals surface area contributed by atoms with E-state index < -0.39 is 11.5 Å². The lowest BCUT2D eigenvalue weighted by Crippen LogP contribution is -2.47. The van der Waals surface area contributed by atoms with Gasteiger partial charge in [0.05, 0.1) is 0 Å². The van der Waals surface area contributed by atoms with Crippen molar-refractivity contribution in [2.45, 2.75) is 18.4 Å². The molecule has 0 aromatic heterocycles. The van der Waals surface area contributed by atoms with Gasteiger partial charge in [-0.15, -0.1) is 0 Å². The number of aliphatic carboxylic acids is 1. The van der Waals surface area contributed by atoms with Crippen LogP contribution in [-0.2, 0) is 17.6 Å². The summed E-state index contributed by atoms with van der Waals surface area (Å²) >= 11 is 0. The summed E-state index contributed by atoms with van der Waals surface area (Å²) in [6, 6.07) is 13.5. The first kappa shape index (κ1) is 12.7. The van der Waals surface area contributed by atoms with Crippen LogP contribution in [0.5, 0.6) is 0 Å². The van der Waals surface area contributed by atoms with Gasteiger partial charge in [-0.2, -0.15) is 0 Å². The van der Waals surface area contributed by atoms with E-state index in [4.69, 9.17) is 0 Å². The summed E-state index contributed by atoms with van der Waals surface area (Å²) < 4.78 is 12.9. The fraction of sp³-hybridized carbons (Fsp3) is 0.188. The maximum absolute atomic E-state index is 12.9. The lowest BCUT2D eigenvalue weighted by Gasteiger charge is -2.26. The van der Waals surface area contributed by atoms with Crippen LogP contribution in [0, 0.1) is 5.82 Å². The maximum atomic E-state index is 12.9. The number of hydrogen-bond donors (Lipinski definition) is 2. The molecule has 0 saturated heterocycles. The molecule has 0 bridgehead atoms. The van der Waals surface area contributed by atoms with Gasteiger partial charge in [0.15, 0.2) is 0 Å². The molecule has 0 heterocycles. The van der Waals surface area contributed by atoms with Gasteiger partial charge in [0.2, 0.25) is 0 Å². The van der Waals surface area contributed by atoms with Gasteiger partial charge < -0.3 is 10.4 Å². The van der Waals surface area contributed by atoms with Crippen molar-refractivity contribution >= 4 is 11.7 Å². The molecule has 0 unspecified atom stereocenters. The summed E-state index contributed by atoms with van der Waals surface area (Å²) in [5.41, 5.74) is 1.65. The Kier molecular flexibility index (Phi) is 2.93. The van der Waals surface area contributed by atoms with Gasteiger partial charge in [-0.1, -0.05) is 24.3 Å². The second-order valence-electron chi connectivity index (χ2n) is 5.14. The molecular weight excluding hydrogens is 257 g/mol. The van der Waals surface area contributed by atoms with Crippen molar-refractivity contribution in [2.75, 3.05) is 5.32 Å². The van der Waals surface area contributed by atoms with Crippen molar-refractivity contribution in [1.82, 2.24) is 0 Å². The number of carboxylic acids is 1. The Hall–Kier alpha value is -2.36. The molecule has 3 nitrogen and oxygen atoms in total. The fourth-order valence-corrected chi connectivity index (χ4v) is 2.72. The Balaban J connectivity index is 1.92. The summed E-state index contributed by atoms with van der Waals surface area (Å²) in [7, 11) is 0. The second kappa shape index (κ2) is 4.63. The van der Waals surface area contributed by atoms with Crippen molar-refractivity contribution in [3.8, 4) is 0 Å². The normalized spacial score (nSPS) is 15.7. The smallest absolute Gasteiger partial charge is 0.330 e. The van der Waals surface area contributed by atoms with Crippen LogP contribution in [0.1, 0.15) is 11.1 Å². The second-order valence-corrected chi connectivity index (χ2v) is 5.14. The third-order valence-electron chi connectivity index (χ3n) is 3.74. The SMILES string of the molecule is O=C(O)C1(Nc2ccc(F)cc2)Cc2ccccc2C1. The molecule has 0 saturated carbocycles. The van der Waals surface area contributed by atoms with Crippen LogP contribution >= 0.6 is 0 Å². The topological polar surface area (TPSA) is 49.3 Å². The van der Waals surface area contributed by atoms with Crippen LogP contribution in [0.25, 0.3) is 0 Å². The van der Waals surface area contributed by atoms with Crippen molar-refractivity contribution in [1.29, 1.82) is 0 Å². The minimum absolute atomic E-state index is 0.338. The molecule has 0 atom stereocenters. The predicted molar refractivity (Wildman–Crippen MR) is 74.2 cm³/mol. The average Bonchev–Trinajstić information content (AvgIpc) is 2.81. The Morgan fingerprint density at radius 1 is 1.05 bits per heavy atom. The Labute approximate surface area is 116 Å². The molecule has 2 N–H and O–H groups in total. The first-order chi connectivity index (χ1) is 9.59. The van der Waals surface area contributed by atoms with Gasteiger partial charge in [0, 0.05) is 18.5 Å². The highest BCUT2D eigenvalue weighted by Crippen LogP contribution is 2.33. The highest BCUT2D eigenvalue weighted by Gasteiger charge is 2.44. The summed E-state index contributed by atoms with van der Waals surface area (Å²) in [6.45, 7) is 0. The first-order valence-corrected chi connectivity index (χ1v) is 6.43. The zero-order valence-corrected chi connectivity index (χ0v) is 10.8. The van der Waals surface area contributed by atoms with E-state index in [1.807, 2.05) is 24.3 Å². The monoisotopic (exact) mass is 271 g/mol. The summed E-state index contributed by atoms with van der Waals surface area (Å²) in [6.07, 6.45) is 0.853. The van der Waals surface area contributed by atoms with Gasteiger partial charge in [-0.25, -0.2) is 9.18 Å². The molecule has 0 amide bonds. The molecule has 2 aromatic carbocycles. The third-order valence-corrected chi connectivity index (χ3v) is 3.74. The predicted octanol–water partition coefficient (Wildman–Crippen LogP) is 2.86. The van der Waals surface area contributed by atoms with E-state index >= 15 is 0 Å². The van der Waals surface area contributed by atoms with Gasteiger partial charge in [-0.05, 0) is 35.4 Å². The van der Waals surface area contributed by atoms with E-state index in [-0.39, 0.29) is 5.82 Å². The molecule has 0 spiro atoms. The average molecular weight is 271 g/mol. The van der Waals surface area contributed by atoms with Crippen LogP contribution in [0.4, 0.5) is 10.1 Å². The van der Waals surface area contributed by atoms with E-state index in [2.05, 4.69) is 5.32 Å². The number of rotatable bonds is 3. The van der Waals surface area contributed by atoms with Crippen molar-refractivity contribution in [3.63, 3.8) is 0 Å². The highest BCUT2D eigenvalue weighted by atomic mass is 19.1. The van der Waals surface area contributed by atoms with Gasteiger partial charge >= 0.3 is 5.97 Å². The summed E-state index contributed by atoms with van der Waals surface area (Å²) in [5, 5.41) is 12.7. The molecule has 102 valence electrons. The largest absolute Gasteiger partial charge is 0.479 e. The van der Waals surface area contributed by atoms with Gasteiger partial charge in [0.1, 0.15) is 11.4 Å². The summed E-state index contributed by atoms with van der Waals surface area (Å²) in [4.78, 5) is 11.7. The lowest BCUT2D eigenvalue weighted by molar-refractivity contribution is -0.142. The standard InChI is InChI=1S/C16H14FNO2/c17-13-5-7-14(8-6-13)18-16(15(19)20)9-11-3-1-2-4-12(11)10-16/h1-8,18H,9-10H2,(H,19,20). The maximum Gasteiger partial charge on any atom is 0.330 e. The first-order valence-electron chi connectivity index (χ1n) is 6.43. The number of fused-ring (bicyclic) bond motifs is 1. The third kappa shape index (κ3) is 2.13. The van der Waals surface area contributed by atoms with Crippen molar-refractivity contribution in [3.05, 3.63) is 65.5 Å². The van der Waals surface area contributed by atoms with E-state index in [0.717, 1.165) is 11.1 Å². The Morgan fingerprint density at radius 2 is 1.60 bits per heavy atom. The molecule has 1 aliphatic rings. The van der Waals surface area contributed by atoms with Crippen LogP contribution in [0.15, 0.2) is 48.5 Å². The molecular formula is C16H14FNO2. The molecule has 4 heteroatoms. The van der Waals surface area contributed by atoms with E-state index in [1.54, 1.807) is 12.1 Å².